The molecule has 1 aliphatic heterocycles. The van der Waals surface area contributed by atoms with Crippen LogP contribution in [0.2, 0.25) is 0 Å². The van der Waals surface area contributed by atoms with Gasteiger partial charge in [-0.25, -0.2) is 0 Å². The minimum Gasteiger partial charge on any atom is -0.497 e. The Bertz CT molecular complexity index is 627. The minimum atomic E-state index is 0.101. The Kier molecular flexibility index (Phi) is 4.68. The standard InChI is InChI=1S/C18H19NO2S/c1-21-16-9-7-15(8-10-16)18(20)19-11-12-22-17(13-19)14-5-3-2-4-6-14/h2-10,17H,11-13H2,1H3. The van der Waals surface area contributed by atoms with Crippen LogP contribution in [-0.2, 0) is 0 Å². The molecule has 0 aliphatic carbocycles. The van der Waals surface area contributed by atoms with Crippen LogP contribution in [0.25, 0.3) is 0 Å². The monoisotopic (exact) mass is 313 g/mol. The van der Waals surface area contributed by atoms with Crippen LogP contribution in [0, 0.1) is 0 Å². The van der Waals surface area contributed by atoms with Crippen LogP contribution in [0.15, 0.2) is 54.6 Å². The van der Waals surface area contributed by atoms with Crippen LogP contribution < -0.4 is 4.74 Å². The third kappa shape index (κ3) is 3.28. The molecule has 2 aromatic rings. The Balaban J connectivity index is 1.72. The first-order valence-corrected chi connectivity index (χ1v) is 8.42. The van der Waals surface area contributed by atoms with E-state index in [1.165, 1.54) is 5.56 Å². The van der Waals surface area contributed by atoms with Gasteiger partial charge in [0.05, 0.1) is 7.11 Å². The molecule has 1 fully saturated rings. The summed E-state index contributed by atoms with van der Waals surface area (Å²) in [4.78, 5) is 14.6. The number of benzene rings is 2. The van der Waals surface area contributed by atoms with Gasteiger partial charge in [0.25, 0.3) is 5.91 Å². The Morgan fingerprint density at radius 1 is 1.14 bits per heavy atom. The van der Waals surface area contributed by atoms with Gasteiger partial charge >= 0.3 is 0 Å². The molecule has 1 saturated heterocycles. The third-order valence-electron chi connectivity index (χ3n) is 3.86. The van der Waals surface area contributed by atoms with E-state index in [-0.39, 0.29) is 5.91 Å². The van der Waals surface area contributed by atoms with Gasteiger partial charge in [0.1, 0.15) is 5.75 Å². The molecule has 4 heteroatoms. The normalized spacial score (nSPS) is 18.0. The summed E-state index contributed by atoms with van der Waals surface area (Å²) in [5.74, 6) is 1.85. The molecule has 0 aromatic heterocycles. The lowest BCUT2D eigenvalue weighted by molar-refractivity contribution is 0.0761. The predicted octanol–water partition coefficient (Wildman–Crippen LogP) is 3.63. The number of methoxy groups -OCH3 is 1. The summed E-state index contributed by atoms with van der Waals surface area (Å²) >= 11 is 1.92. The van der Waals surface area contributed by atoms with Crippen molar-refractivity contribution in [3.63, 3.8) is 0 Å². The van der Waals surface area contributed by atoms with Gasteiger partial charge in [0, 0.05) is 29.7 Å². The van der Waals surface area contributed by atoms with Crippen molar-refractivity contribution in [3.8, 4) is 5.75 Å². The number of hydrogen-bond acceptors (Lipinski definition) is 3. The lowest BCUT2D eigenvalue weighted by Gasteiger charge is -2.32. The van der Waals surface area contributed by atoms with Crippen molar-refractivity contribution in [2.24, 2.45) is 0 Å². The van der Waals surface area contributed by atoms with Crippen LogP contribution >= 0.6 is 11.8 Å². The number of carbonyl (C=O) groups is 1. The lowest BCUT2D eigenvalue weighted by Crippen LogP contribution is -2.39. The van der Waals surface area contributed by atoms with Gasteiger partial charge in [-0.15, -0.1) is 0 Å². The maximum Gasteiger partial charge on any atom is 0.253 e. The molecule has 1 heterocycles. The van der Waals surface area contributed by atoms with Gasteiger partial charge < -0.3 is 9.64 Å². The first-order chi connectivity index (χ1) is 10.8. The fourth-order valence-electron chi connectivity index (χ4n) is 2.62. The summed E-state index contributed by atoms with van der Waals surface area (Å²) in [5.41, 5.74) is 2.01. The van der Waals surface area contributed by atoms with E-state index in [4.69, 9.17) is 4.74 Å². The molecule has 3 rings (SSSR count). The number of ether oxygens (including phenoxy) is 1. The van der Waals surface area contributed by atoms with E-state index < -0.39 is 0 Å². The van der Waals surface area contributed by atoms with Crippen LogP contribution in [-0.4, -0.2) is 36.8 Å². The highest BCUT2D eigenvalue weighted by Gasteiger charge is 2.25. The number of nitrogens with zero attached hydrogens (tertiary/aromatic N) is 1. The SMILES string of the molecule is COc1ccc(C(=O)N2CCSC(c3ccccc3)C2)cc1. The summed E-state index contributed by atoms with van der Waals surface area (Å²) in [6, 6.07) is 17.7. The first kappa shape index (κ1) is 15.0. The van der Waals surface area contributed by atoms with E-state index in [1.807, 2.05) is 47.0 Å². The summed E-state index contributed by atoms with van der Waals surface area (Å²) < 4.78 is 5.14. The Hall–Kier alpha value is -1.94. The molecule has 0 N–H and O–H groups in total. The van der Waals surface area contributed by atoms with Crippen molar-refractivity contribution in [1.29, 1.82) is 0 Å². The highest BCUT2D eigenvalue weighted by atomic mass is 32.2. The molecule has 2 aromatic carbocycles. The zero-order valence-electron chi connectivity index (χ0n) is 12.6. The number of amides is 1. The molecule has 1 unspecified atom stereocenters. The second-order valence-corrected chi connectivity index (χ2v) is 6.56. The van der Waals surface area contributed by atoms with Crippen molar-refractivity contribution in [2.75, 3.05) is 26.0 Å². The number of thioether (sulfide) groups is 1. The summed E-state index contributed by atoms with van der Waals surface area (Å²) in [6.07, 6.45) is 0. The molecule has 1 amide bonds. The Labute approximate surface area is 135 Å². The molecule has 1 atom stereocenters. The fraction of sp³-hybridized carbons (Fsp3) is 0.278. The Morgan fingerprint density at radius 2 is 1.86 bits per heavy atom. The zero-order valence-corrected chi connectivity index (χ0v) is 13.4. The van der Waals surface area contributed by atoms with Crippen LogP contribution in [0.3, 0.4) is 0 Å². The molecule has 114 valence electrons. The van der Waals surface area contributed by atoms with Crippen molar-refractivity contribution in [2.45, 2.75) is 5.25 Å². The van der Waals surface area contributed by atoms with Crippen LogP contribution in [0.5, 0.6) is 5.75 Å². The van der Waals surface area contributed by atoms with E-state index in [0.717, 1.165) is 30.2 Å². The van der Waals surface area contributed by atoms with Gasteiger partial charge in [-0.3, -0.25) is 4.79 Å². The molecular weight excluding hydrogens is 294 g/mol. The van der Waals surface area contributed by atoms with Crippen molar-refractivity contribution in [3.05, 3.63) is 65.7 Å². The molecule has 0 saturated carbocycles. The highest BCUT2D eigenvalue weighted by molar-refractivity contribution is 7.99. The second-order valence-electron chi connectivity index (χ2n) is 5.25. The maximum absolute atomic E-state index is 12.7. The summed E-state index contributed by atoms with van der Waals surface area (Å²) in [5, 5.41) is 0.358. The third-order valence-corrected chi connectivity index (χ3v) is 5.10. The highest BCUT2D eigenvalue weighted by Crippen LogP contribution is 2.33. The average Bonchev–Trinajstić information content (AvgIpc) is 2.62. The Morgan fingerprint density at radius 3 is 2.55 bits per heavy atom. The fourth-order valence-corrected chi connectivity index (χ4v) is 3.86. The van der Waals surface area contributed by atoms with E-state index in [2.05, 4.69) is 24.3 Å². The quantitative estimate of drug-likeness (QED) is 0.866. The first-order valence-electron chi connectivity index (χ1n) is 7.38. The van der Waals surface area contributed by atoms with Gasteiger partial charge in [0.15, 0.2) is 0 Å². The van der Waals surface area contributed by atoms with Crippen LogP contribution in [0.1, 0.15) is 21.2 Å². The molecule has 3 nitrogen and oxygen atoms in total. The molecular formula is C18H19NO2S. The molecule has 0 bridgehead atoms. The van der Waals surface area contributed by atoms with Gasteiger partial charge in [-0.1, -0.05) is 30.3 Å². The smallest absolute Gasteiger partial charge is 0.253 e. The minimum absolute atomic E-state index is 0.101. The van der Waals surface area contributed by atoms with E-state index >= 15 is 0 Å². The summed E-state index contributed by atoms with van der Waals surface area (Å²) in [6.45, 7) is 1.57. The van der Waals surface area contributed by atoms with Crippen molar-refractivity contribution < 1.29 is 9.53 Å². The van der Waals surface area contributed by atoms with E-state index in [0.29, 0.717) is 5.25 Å². The molecule has 22 heavy (non-hydrogen) atoms. The van der Waals surface area contributed by atoms with Crippen LogP contribution in [0.4, 0.5) is 0 Å². The van der Waals surface area contributed by atoms with E-state index in [1.54, 1.807) is 7.11 Å². The molecule has 0 radical (unpaired) electrons. The largest absolute Gasteiger partial charge is 0.497 e. The average molecular weight is 313 g/mol. The zero-order chi connectivity index (χ0) is 15.4. The maximum atomic E-state index is 12.7. The topological polar surface area (TPSA) is 29.5 Å². The number of hydrogen-bond donors (Lipinski definition) is 0. The van der Waals surface area contributed by atoms with Gasteiger partial charge in [-0.05, 0) is 29.8 Å². The lowest BCUT2D eigenvalue weighted by atomic mass is 10.1. The van der Waals surface area contributed by atoms with Crippen molar-refractivity contribution >= 4 is 17.7 Å². The molecule has 0 spiro atoms. The van der Waals surface area contributed by atoms with E-state index in [9.17, 15) is 4.79 Å². The summed E-state index contributed by atoms with van der Waals surface area (Å²) in [7, 11) is 1.63. The predicted molar refractivity (Wildman–Crippen MR) is 90.5 cm³/mol. The van der Waals surface area contributed by atoms with Gasteiger partial charge in [-0.2, -0.15) is 11.8 Å². The number of rotatable bonds is 3. The molecule has 1 aliphatic rings. The number of carbonyl (C=O) groups excluding carboxylic acids is 1. The van der Waals surface area contributed by atoms with Crippen molar-refractivity contribution in [1.82, 2.24) is 4.90 Å². The van der Waals surface area contributed by atoms with Gasteiger partial charge in [0.2, 0.25) is 0 Å². The second kappa shape index (κ2) is 6.88.